The molecule has 0 unspecified atom stereocenters. The summed E-state index contributed by atoms with van der Waals surface area (Å²) in [7, 11) is 0. The van der Waals surface area contributed by atoms with E-state index in [-0.39, 0.29) is 11.4 Å². The zero-order valence-electron chi connectivity index (χ0n) is 19.1. The van der Waals surface area contributed by atoms with Crippen molar-refractivity contribution >= 4 is 17.6 Å². The number of rotatable bonds is 5. The van der Waals surface area contributed by atoms with Gasteiger partial charge < -0.3 is 15.0 Å². The largest absolute Gasteiger partial charge is 0.415 e. The Bertz CT molecular complexity index is 1080. The second-order valence-electron chi connectivity index (χ2n) is 10.7. The molecule has 2 aromatic rings. The van der Waals surface area contributed by atoms with E-state index >= 15 is 0 Å². The number of nitro groups is 1. The van der Waals surface area contributed by atoms with Crippen molar-refractivity contribution in [2.75, 3.05) is 18.4 Å². The quantitative estimate of drug-likeness (QED) is 0.511. The molecule has 0 atom stereocenters. The molecule has 7 rings (SSSR count). The van der Waals surface area contributed by atoms with E-state index in [1.165, 1.54) is 62.8 Å². The van der Waals surface area contributed by atoms with Gasteiger partial charge in [-0.15, -0.1) is 0 Å². The average Bonchev–Trinajstić information content (AvgIpc) is 2.82. The molecular formula is C25H29N5O4. The van der Waals surface area contributed by atoms with E-state index in [2.05, 4.69) is 15.3 Å². The maximum atomic E-state index is 12.7. The second-order valence-corrected chi connectivity index (χ2v) is 10.7. The molecule has 1 aliphatic heterocycles. The third-order valence-electron chi connectivity index (χ3n) is 8.31. The van der Waals surface area contributed by atoms with E-state index in [0.29, 0.717) is 24.9 Å². The van der Waals surface area contributed by atoms with Crippen LogP contribution in [0, 0.1) is 33.3 Å². The maximum Gasteiger partial charge on any atom is 0.415 e. The van der Waals surface area contributed by atoms with Gasteiger partial charge in [-0.25, -0.2) is 14.8 Å². The number of nitrogens with one attached hydrogen (secondary N) is 1. The monoisotopic (exact) mass is 463 g/mol. The number of non-ortho nitro benzene ring substituents is 1. The third kappa shape index (κ3) is 3.97. The van der Waals surface area contributed by atoms with Crippen LogP contribution in [-0.4, -0.2) is 39.0 Å². The Morgan fingerprint density at radius 1 is 1.12 bits per heavy atom. The number of nitrogens with zero attached hydrogens (tertiary/aromatic N) is 4. The molecule has 2 heterocycles. The number of hydrogen-bond donors (Lipinski definition) is 1. The van der Waals surface area contributed by atoms with Crippen LogP contribution in [0.3, 0.4) is 0 Å². The number of benzene rings is 1. The summed E-state index contributed by atoms with van der Waals surface area (Å²) in [6.45, 7) is 1.85. The summed E-state index contributed by atoms with van der Waals surface area (Å²) in [5.41, 5.74) is 2.31. The van der Waals surface area contributed by atoms with E-state index in [0.717, 1.165) is 41.4 Å². The maximum absolute atomic E-state index is 12.7. The van der Waals surface area contributed by atoms with Crippen molar-refractivity contribution in [3.05, 3.63) is 52.0 Å². The Balaban J connectivity index is 1.10. The fourth-order valence-electron chi connectivity index (χ4n) is 7.24. The topological polar surface area (TPSA) is 110 Å². The van der Waals surface area contributed by atoms with Gasteiger partial charge in [-0.3, -0.25) is 10.1 Å². The van der Waals surface area contributed by atoms with Crippen molar-refractivity contribution < 1.29 is 14.5 Å². The van der Waals surface area contributed by atoms with Gasteiger partial charge in [0.15, 0.2) is 0 Å². The van der Waals surface area contributed by atoms with Crippen molar-refractivity contribution in [2.24, 2.45) is 23.2 Å². The fraction of sp³-hybridized carbons (Fsp3) is 0.560. The van der Waals surface area contributed by atoms with Gasteiger partial charge in [0.05, 0.1) is 17.2 Å². The first-order valence-electron chi connectivity index (χ1n) is 12.2. The number of anilines is 1. The number of aromatic nitrogens is 2. The Labute approximate surface area is 198 Å². The van der Waals surface area contributed by atoms with Crippen LogP contribution in [0.5, 0.6) is 5.75 Å². The number of ether oxygens (including phenoxy) is 1. The molecule has 5 aliphatic rings. The molecule has 0 saturated heterocycles. The van der Waals surface area contributed by atoms with Gasteiger partial charge in [-0.2, -0.15) is 0 Å². The highest BCUT2D eigenvalue weighted by molar-refractivity contribution is 5.71. The van der Waals surface area contributed by atoms with Crippen LogP contribution in [0.4, 0.5) is 16.3 Å². The van der Waals surface area contributed by atoms with Gasteiger partial charge in [0, 0.05) is 30.8 Å². The molecule has 1 aromatic heterocycles. The Kier molecular flexibility index (Phi) is 5.15. The molecule has 4 fully saturated rings. The van der Waals surface area contributed by atoms with E-state index in [4.69, 9.17) is 4.74 Å². The highest BCUT2D eigenvalue weighted by atomic mass is 16.6. The SMILES string of the molecule is O=C(Oc1ccc([N+](=O)[O-])cc1)N1CCc2c(ncnc2NCC23CC4CC(CC(C4)C2)C3)C1. The zero-order valence-corrected chi connectivity index (χ0v) is 19.1. The summed E-state index contributed by atoms with van der Waals surface area (Å²) in [6, 6.07) is 5.51. The van der Waals surface area contributed by atoms with E-state index in [1.54, 1.807) is 11.2 Å². The number of nitro benzene ring substituents is 1. The Morgan fingerprint density at radius 2 is 1.79 bits per heavy atom. The predicted octanol–water partition coefficient (Wildman–Crippen LogP) is 4.57. The summed E-state index contributed by atoms with van der Waals surface area (Å²) in [5, 5.41) is 14.5. The van der Waals surface area contributed by atoms with Gasteiger partial charge >= 0.3 is 6.09 Å². The van der Waals surface area contributed by atoms with Crippen LogP contribution in [0.2, 0.25) is 0 Å². The predicted molar refractivity (Wildman–Crippen MR) is 124 cm³/mol. The van der Waals surface area contributed by atoms with Gasteiger partial charge in [0.1, 0.15) is 17.9 Å². The van der Waals surface area contributed by atoms with Crippen LogP contribution in [0.15, 0.2) is 30.6 Å². The van der Waals surface area contributed by atoms with Crippen molar-refractivity contribution in [2.45, 2.75) is 51.5 Å². The molecule has 34 heavy (non-hydrogen) atoms. The molecule has 1 N–H and O–H groups in total. The summed E-state index contributed by atoms with van der Waals surface area (Å²) in [5.74, 6) is 3.94. The lowest BCUT2D eigenvalue weighted by Gasteiger charge is -2.57. The Morgan fingerprint density at radius 3 is 2.44 bits per heavy atom. The van der Waals surface area contributed by atoms with E-state index in [9.17, 15) is 14.9 Å². The zero-order chi connectivity index (χ0) is 23.3. The Hall–Kier alpha value is -3.23. The minimum atomic E-state index is -0.485. The molecule has 4 saturated carbocycles. The minimum Gasteiger partial charge on any atom is -0.410 e. The normalized spacial score (nSPS) is 28.9. The summed E-state index contributed by atoms with van der Waals surface area (Å²) >= 11 is 0. The van der Waals surface area contributed by atoms with Gasteiger partial charge in [0.25, 0.3) is 5.69 Å². The number of amides is 1. The number of carbonyl (C=O) groups is 1. The standard InChI is InChI=1S/C25H29N5O4/c31-24(34-20-3-1-19(2-4-20)30(32)33)29-6-5-21-22(13-29)27-15-28-23(21)26-14-25-10-16-7-17(11-25)9-18(8-16)12-25/h1-4,15-18H,5-14H2,(H,26,27,28). The molecule has 9 nitrogen and oxygen atoms in total. The van der Waals surface area contributed by atoms with E-state index < -0.39 is 11.0 Å². The summed E-state index contributed by atoms with van der Waals surface area (Å²) < 4.78 is 5.42. The molecule has 178 valence electrons. The van der Waals surface area contributed by atoms with Crippen molar-refractivity contribution in [3.8, 4) is 5.75 Å². The van der Waals surface area contributed by atoms with Crippen LogP contribution in [0.25, 0.3) is 0 Å². The van der Waals surface area contributed by atoms with Gasteiger partial charge in [0.2, 0.25) is 0 Å². The molecule has 4 bridgehead atoms. The number of hydrogen-bond acceptors (Lipinski definition) is 7. The fourth-order valence-corrected chi connectivity index (χ4v) is 7.24. The number of carbonyl (C=O) groups excluding carboxylic acids is 1. The van der Waals surface area contributed by atoms with Crippen molar-refractivity contribution in [1.82, 2.24) is 14.9 Å². The van der Waals surface area contributed by atoms with Crippen LogP contribution < -0.4 is 10.1 Å². The van der Waals surface area contributed by atoms with Gasteiger partial charge in [-0.1, -0.05) is 0 Å². The lowest BCUT2D eigenvalue weighted by molar-refractivity contribution is -0.384. The first-order valence-corrected chi connectivity index (χ1v) is 12.2. The highest BCUT2D eigenvalue weighted by Crippen LogP contribution is 2.59. The lowest BCUT2D eigenvalue weighted by atomic mass is 9.49. The number of fused-ring (bicyclic) bond motifs is 1. The summed E-state index contributed by atoms with van der Waals surface area (Å²) in [4.78, 5) is 33.6. The molecule has 0 radical (unpaired) electrons. The third-order valence-corrected chi connectivity index (χ3v) is 8.31. The van der Waals surface area contributed by atoms with Crippen LogP contribution in [0.1, 0.15) is 49.8 Å². The molecule has 9 heteroatoms. The molecule has 1 amide bonds. The van der Waals surface area contributed by atoms with Gasteiger partial charge in [-0.05, 0) is 80.2 Å². The highest BCUT2D eigenvalue weighted by Gasteiger charge is 2.50. The lowest BCUT2D eigenvalue weighted by Crippen LogP contribution is -2.49. The average molecular weight is 464 g/mol. The second kappa shape index (κ2) is 8.21. The first kappa shape index (κ1) is 21.3. The van der Waals surface area contributed by atoms with Crippen molar-refractivity contribution in [3.63, 3.8) is 0 Å². The van der Waals surface area contributed by atoms with Crippen LogP contribution in [-0.2, 0) is 13.0 Å². The van der Waals surface area contributed by atoms with E-state index in [1.807, 2.05) is 0 Å². The molecule has 1 aromatic carbocycles. The molecular weight excluding hydrogens is 434 g/mol. The van der Waals surface area contributed by atoms with Crippen molar-refractivity contribution in [1.29, 1.82) is 0 Å². The molecule has 4 aliphatic carbocycles. The minimum absolute atomic E-state index is 0.0445. The molecule has 0 spiro atoms. The smallest absolute Gasteiger partial charge is 0.410 e. The first-order chi connectivity index (χ1) is 16.5. The van der Waals surface area contributed by atoms with Crippen LogP contribution >= 0.6 is 0 Å². The summed E-state index contributed by atoms with van der Waals surface area (Å²) in [6.07, 6.45) is 10.1.